The summed E-state index contributed by atoms with van der Waals surface area (Å²) in [5, 5.41) is 1.63. The summed E-state index contributed by atoms with van der Waals surface area (Å²) in [5.41, 5.74) is 4.87. The molecule has 0 aromatic heterocycles. The summed E-state index contributed by atoms with van der Waals surface area (Å²) < 4.78 is 25.1. The Kier molecular flexibility index (Phi) is 3.20. The standard InChI is InChI=1S/C13H10BrF2N3/c14-13-17-12-10(2-1-7-19(12)18-13)8-3-5-9(6-4-8)11(15)16/h1-7,11,13,18H. The topological polar surface area (TPSA) is 27.6 Å². The molecule has 2 heterocycles. The van der Waals surface area contributed by atoms with Gasteiger partial charge in [-0.15, -0.1) is 0 Å². The highest BCUT2D eigenvalue weighted by atomic mass is 79.9. The molecule has 3 rings (SSSR count). The van der Waals surface area contributed by atoms with E-state index in [0.717, 1.165) is 17.0 Å². The van der Waals surface area contributed by atoms with Crippen molar-refractivity contribution in [3.05, 3.63) is 53.7 Å². The quantitative estimate of drug-likeness (QED) is 0.666. The van der Waals surface area contributed by atoms with Gasteiger partial charge in [0.2, 0.25) is 0 Å². The van der Waals surface area contributed by atoms with Crippen molar-refractivity contribution in [1.82, 2.24) is 10.4 Å². The Balaban J connectivity index is 1.95. The van der Waals surface area contributed by atoms with Crippen LogP contribution in [0.15, 0.2) is 47.6 Å². The first-order chi connectivity index (χ1) is 9.15. The lowest BCUT2D eigenvalue weighted by Gasteiger charge is -2.21. The van der Waals surface area contributed by atoms with Gasteiger partial charge < -0.3 is 0 Å². The average molecular weight is 326 g/mol. The largest absolute Gasteiger partial charge is 0.264 e. The second kappa shape index (κ2) is 4.86. The van der Waals surface area contributed by atoms with Gasteiger partial charge >= 0.3 is 0 Å². The molecule has 19 heavy (non-hydrogen) atoms. The van der Waals surface area contributed by atoms with Crippen LogP contribution in [0.2, 0.25) is 0 Å². The first-order valence-corrected chi connectivity index (χ1v) is 6.61. The molecule has 1 aromatic carbocycles. The van der Waals surface area contributed by atoms with Crippen molar-refractivity contribution in [3.63, 3.8) is 0 Å². The highest BCUT2D eigenvalue weighted by molar-refractivity contribution is 9.09. The molecule has 0 aliphatic carbocycles. The molecule has 0 amide bonds. The zero-order valence-electron chi connectivity index (χ0n) is 9.72. The third-order valence-electron chi connectivity index (χ3n) is 2.92. The molecule has 0 bridgehead atoms. The normalized spacial score (nSPS) is 21.5. The number of nitrogens with zero attached hydrogens (tertiary/aromatic N) is 2. The third kappa shape index (κ3) is 2.33. The van der Waals surface area contributed by atoms with E-state index in [4.69, 9.17) is 0 Å². The van der Waals surface area contributed by atoms with Crippen molar-refractivity contribution in [2.75, 3.05) is 0 Å². The Bertz CT molecular complexity index is 578. The summed E-state index contributed by atoms with van der Waals surface area (Å²) >= 11 is 3.36. The Morgan fingerprint density at radius 2 is 2.00 bits per heavy atom. The Morgan fingerprint density at radius 1 is 1.26 bits per heavy atom. The maximum atomic E-state index is 12.5. The summed E-state index contributed by atoms with van der Waals surface area (Å²) in [4.78, 5) is 4.41. The molecule has 2 aliphatic heterocycles. The van der Waals surface area contributed by atoms with Crippen LogP contribution in [0.1, 0.15) is 17.6 Å². The predicted octanol–water partition coefficient (Wildman–Crippen LogP) is 3.43. The SMILES string of the molecule is FC(F)c1ccc(C2=CC=CN3NC(Br)N=C23)cc1. The number of fused-ring (bicyclic) bond motifs is 1. The minimum atomic E-state index is -2.44. The monoisotopic (exact) mass is 325 g/mol. The number of hydrazine groups is 1. The lowest BCUT2D eigenvalue weighted by Crippen LogP contribution is -2.35. The van der Waals surface area contributed by atoms with E-state index in [-0.39, 0.29) is 10.6 Å². The van der Waals surface area contributed by atoms with Gasteiger partial charge in [-0.05, 0) is 33.6 Å². The molecule has 0 saturated heterocycles. The molecule has 0 fully saturated rings. The fourth-order valence-corrected chi connectivity index (χ4v) is 2.44. The first kappa shape index (κ1) is 12.5. The van der Waals surface area contributed by atoms with Crippen LogP contribution in [0.5, 0.6) is 0 Å². The molecule has 1 aromatic rings. The molecule has 1 N–H and O–H groups in total. The van der Waals surface area contributed by atoms with Gasteiger partial charge in [0, 0.05) is 17.3 Å². The summed E-state index contributed by atoms with van der Waals surface area (Å²) in [6.45, 7) is 0. The number of allylic oxidation sites excluding steroid dienone is 2. The fourth-order valence-electron chi connectivity index (χ4n) is 2.02. The van der Waals surface area contributed by atoms with Gasteiger partial charge in [-0.3, -0.25) is 5.01 Å². The fraction of sp³-hybridized carbons (Fsp3) is 0.154. The van der Waals surface area contributed by atoms with Crippen molar-refractivity contribution in [1.29, 1.82) is 0 Å². The maximum absolute atomic E-state index is 12.5. The van der Waals surface area contributed by atoms with E-state index in [1.165, 1.54) is 12.1 Å². The van der Waals surface area contributed by atoms with Gasteiger partial charge in [0.1, 0.15) is 0 Å². The number of nitrogens with one attached hydrogen (secondary N) is 1. The van der Waals surface area contributed by atoms with Crippen LogP contribution in [-0.2, 0) is 0 Å². The van der Waals surface area contributed by atoms with Gasteiger partial charge in [-0.1, -0.05) is 24.3 Å². The summed E-state index contributed by atoms with van der Waals surface area (Å²) in [6.07, 6.45) is 3.22. The van der Waals surface area contributed by atoms with E-state index in [1.807, 2.05) is 18.4 Å². The predicted molar refractivity (Wildman–Crippen MR) is 73.6 cm³/mol. The lowest BCUT2D eigenvalue weighted by atomic mass is 10.0. The van der Waals surface area contributed by atoms with Gasteiger partial charge in [-0.2, -0.15) is 5.43 Å². The van der Waals surface area contributed by atoms with Gasteiger partial charge in [0.25, 0.3) is 6.43 Å². The second-order valence-corrected chi connectivity index (χ2v) is 5.00. The van der Waals surface area contributed by atoms with E-state index in [9.17, 15) is 8.78 Å². The number of halogens is 3. The second-order valence-electron chi connectivity index (χ2n) is 4.13. The van der Waals surface area contributed by atoms with E-state index in [0.29, 0.717) is 0 Å². The lowest BCUT2D eigenvalue weighted by molar-refractivity contribution is 0.151. The minimum Gasteiger partial charge on any atom is -0.264 e. The number of hydrogen-bond donors (Lipinski definition) is 1. The van der Waals surface area contributed by atoms with Crippen LogP contribution in [0.25, 0.3) is 5.57 Å². The Hall–Kier alpha value is -1.53. The van der Waals surface area contributed by atoms with Gasteiger partial charge in [0.15, 0.2) is 10.9 Å². The van der Waals surface area contributed by atoms with Crippen LogP contribution < -0.4 is 5.43 Å². The van der Waals surface area contributed by atoms with Crippen molar-refractivity contribution in [3.8, 4) is 0 Å². The molecule has 6 heteroatoms. The van der Waals surface area contributed by atoms with Crippen LogP contribution in [0, 0.1) is 0 Å². The molecule has 1 atom stereocenters. The van der Waals surface area contributed by atoms with Crippen LogP contribution in [0.3, 0.4) is 0 Å². The molecule has 2 aliphatic rings. The van der Waals surface area contributed by atoms with E-state index in [1.54, 1.807) is 17.1 Å². The van der Waals surface area contributed by atoms with Crippen molar-refractivity contribution >= 4 is 27.3 Å². The van der Waals surface area contributed by atoms with Crippen molar-refractivity contribution in [2.24, 2.45) is 4.99 Å². The number of benzene rings is 1. The van der Waals surface area contributed by atoms with Gasteiger partial charge in [-0.25, -0.2) is 13.8 Å². The summed E-state index contributed by atoms with van der Waals surface area (Å²) in [6, 6.07) is 6.26. The number of hydrogen-bond acceptors (Lipinski definition) is 3. The average Bonchev–Trinajstić information content (AvgIpc) is 2.78. The Morgan fingerprint density at radius 3 is 2.68 bits per heavy atom. The first-order valence-electron chi connectivity index (χ1n) is 5.70. The van der Waals surface area contributed by atoms with E-state index >= 15 is 0 Å². The third-order valence-corrected chi connectivity index (χ3v) is 3.33. The highest BCUT2D eigenvalue weighted by Crippen LogP contribution is 2.27. The zero-order valence-corrected chi connectivity index (χ0v) is 11.3. The van der Waals surface area contributed by atoms with Crippen molar-refractivity contribution in [2.45, 2.75) is 11.5 Å². The smallest absolute Gasteiger partial charge is 0.263 e. The zero-order chi connectivity index (χ0) is 13.4. The molecule has 0 radical (unpaired) electrons. The van der Waals surface area contributed by atoms with Gasteiger partial charge in [0.05, 0.1) is 0 Å². The van der Waals surface area contributed by atoms with E-state index in [2.05, 4.69) is 26.3 Å². The number of aliphatic imine (C=N–C) groups is 1. The van der Waals surface area contributed by atoms with Crippen molar-refractivity contribution < 1.29 is 8.78 Å². The molecule has 98 valence electrons. The molecule has 0 spiro atoms. The van der Waals surface area contributed by atoms with Crippen LogP contribution in [-0.4, -0.2) is 15.9 Å². The maximum Gasteiger partial charge on any atom is 0.263 e. The number of amidine groups is 1. The number of rotatable bonds is 2. The molecule has 3 nitrogen and oxygen atoms in total. The molecular weight excluding hydrogens is 316 g/mol. The van der Waals surface area contributed by atoms with Crippen LogP contribution in [0.4, 0.5) is 8.78 Å². The molecular formula is C13H10BrF2N3. The molecule has 0 saturated carbocycles. The van der Waals surface area contributed by atoms with E-state index < -0.39 is 6.43 Å². The van der Waals surface area contributed by atoms with Crippen LogP contribution >= 0.6 is 15.9 Å². The minimum absolute atomic E-state index is 0.0254. The summed E-state index contributed by atoms with van der Waals surface area (Å²) in [5.74, 6) is 0.772. The Labute approximate surface area is 117 Å². The number of alkyl halides is 3. The molecule has 1 unspecified atom stereocenters. The summed E-state index contributed by atoms with van der Waals surface area (Å²) in [7, 11) is 0. The highest BCUT2D eigenvalue weighted by Gasteiger charge is 2.26.